The summed E-state index contributed by atoms with van der Waals surface area (Å²) >= 11 is 0. The fraction of sp³-hybridized carbons (Fsp3) is 0.156. The molecular formula is C32H28O2. The van der Waals surface area contributed by atoms with Crippen LogP contribution in [0, 0.1) is 13.8 Å². The molecule has 0 aliphatic carbocycles. The Morgan fingerprint density at radius 3 is 1.76 bits per heavy atom. The van der Waals surface area contributed by atoms with Crippen LogP contribution in [0.2, 0.25) is 0 Å². The van der Waals surface area contributed by atoms with Gasteiger partial charge < -0.3 is 4.74 Å². The third kappa shape index (κ3) is 4.08. The fourth-order valence-corrected chi connectivity index (χ4v) is 4.82. The monoisotopic (exact) mass is 444 g/mol. The van der Waals surface area contributed by atoms with Gasteiger partial charge in [-0.05, 0) is 53.4 Å². The second kappa shape index (κ2) is 9.15. The number of rotatable bonds is 5. The molecule has 0 spiro atoms. The van der Waals surface area contributed by atoms with Gasteiger partial charge in [0, 0.05) is 11.1 Å². The molecule has 0 aromatic heterocycles. The first-order valence-corrected chi connectivity index (χ1v) is 11.8. The molecule has 5 rings (SSSR count). The molecule has 5 aromatic carbocycles. The van der Waals surface area contributed by atoms with Gasteiger partial charge in [-0.3, -0.25) is 4.79 Å². The number of ether oxygens (including phenoxy) is 1. The number of carbonyl (C=O) groups excluding carboxylic acids is 1. The number of benzene rings is 5. The van der Waals surface area contributed by atoms with E-state index < -0.39 is 6.10 Å². The van der Waals surface area contributed by atoms with Gasteiger partial charge in [-0.15, -0.1) is 0 Å². The third-order valence-corrected chi connectivity index (χ3v) is 6.70. The van der Waals surface area contributed by atoms with Crippen molar-refractivity contribution in [1.29, 1.82) is 0 Å². The van der Waals surface area contributed by atoms with Gasteiger partial charge in [0.25, 0.3) is 0 Å². The molecule has 2 nitrogen and oxygen atoms in total. The van der Waals surface area contributed by atoms with Crippen molar-refractivity contribution in [1.82, 2.24) is 0 Å². The van der Waals surface area contributed by atoms with Crippen LogP contribution in [0.15, 0.2) is 103 Å². The Hall–Kier alpha value is -3.91. The zero-order chi connectivity index (χ0) is 23.7. The largest absolute Gasteiger partial charge is 0.452 e. The number of carbonyl (C=O) groups is 1. The van der Waals surface area contributed by atoms with Gasteiger partial charge in [-0.2, -0.15) is 0 Å². The molecule has 5 aromatic rings. The van der Waals surface area contributed by atoms with E-state index in [2.05, 4.69) is 73.7 Å². The number of hydrogen-bond acceptors (Lipinski definition) is 2. The minimum absolute atomic E-state index is 0.223. The number of esters is 1. The average Bonchev–Trinajstić information content (AvgIpc) is 2.87. The van der Waals surface area contributed by atoms with Crippen molar-refractivity contribution in [2.45, 2.75) is 32.8 Å². The Kier molecular flexibility index (Phi) is 5.90. The highest BCUT2D eigenvalue weighted by Crippen LogP contribution is 2.37. The predicted molar refractivity (Wildman–Crippen MR) is 140 cm³/mol. The van der Waals surface area contributed by atoms with Gasteiger partial charge in [-0.25, -0.2) is 0 Å². The molecule has 0 N–H and O–H groups in total. The van der Waals surface area contributed by atoms with Gasteiger partial charge in [0.1, 0.15) is 0 Å². The van der Waals surface area contributed by atoms with Crippen LogP contribution in [0.3, 0.4) is 0 Å². The topological polar surface area (TPSA) is 26.3 Å². The highest BCUT2D eigenvalue weighted by Gasteiger charge is 2.27. The van der Waals surface area contributed by atoms with E-state index in [1.54, 1.807) is 0 Å². The second-order valence-electron chi connectivity index (χ2n) is 9.04. The van der Waals surface area contributed by atoms with E-state index in [-0.39, 0.29) is 11.9 Å². The molecule has 34 heavy (non-hydrogen) atoms. The molecule has 168 valence electrons. The lowest BCUT2D eigenvalue weighted by molar-refractivity contribution is -0.148. The smallest absolute Gasteiger partial charge is 0.314 e. The van der Waals surface area contributed by atoms with Crippen molar-refractivity contribution in [2.24, 2.45) is 0 Å². The molecule has 0 fully saturated rings. The highest BCUT2D eigenvalue weighted by atomic mass is 16.5. The summed E-state index contributed by atoms with van der Waals surface area (Å²) in [6, 6.07) is 35.2. The molecule has 0 aliphatic heterocycles. The van der Waals surface area contributed by atoms with E-state index >= 15 is 0 Å². The molecule has 0 aliphatic rings. The Morgan fingerprint density at radius 2 is 1.18 bits per heavy atom. The molecule has 0 heterocycles. The van der Waals surface area contributed by atoms with Gasteiger partial charge in [0.15, 0.2) is 6.10 Å². The van der Waals surface area contributed by atoms with Gasteiger partial charge in [0.05, 0.1) is 5.92 Å². The van der Waals surface area contributed by atoms with Gasteiger partial charge in [-0.1, -0.05) is 109 Å². The number of aryl methyl sites for hydroxylation is 2. The van der Waals surface area contributed by atoms with Crippen molar-refractivity contribution < 1.29 is 9.53 Å². The van der Waals surface area contributed by atoms with E-state index in [1.807, 2.05) is 50.2 Å². The first-order chi connectivity index (χ1) is 16.5. The van der Waals surface area contributed by atoms with Crippen LogP contribution in [0.5, 0.6) is 0 Å². The van der Waals surface area contributed by atoms with E-state index in [0.717, 1.165) is 49.4 Å². The zero-order valence-electron chi connectivity index (χ0n) is 19.8. The Bertz CT molecular complexity index is 1410. The molecular weight excluding hydrogens is 416 g/mol. The molecule has 0 saturated heterocycles. The Labute approximate surface area is 200 Å². The molecule has 0 amide bonds. The first-order valence-electron chi connectivity index (χ1n) is 11.8. The van der Waals surface area contributed by atoms with Crippen molar-refractivity contribution in [3.8, 4) is 0 Å². The van der Waals surface area contributed by atoms with Crippen molar-refractivity contribution >= 4 is 27.5 Å². The lowest BCUT2D eigenvalue weighted by Crippen LogP contribution is -2.19. The number of fused-ring (bicyclic) bond motifs is 2. The highest BCUT2D eigenvalue weighted by molar-refractivity contribution is 5.90. The summed E-state index contributed by atoms with van der Waals surface area (Å²) in [4.78, 5) is 13.6. The van der Waals surface area contributed by atoms with Crippen LogP contribution in [-0.4, -0.2) is 5.97 Å². The molecule has 0 radical (unpaired) electrons. The SMILES string of the molecule is Cc1ccc(C)c([C@H](C)C(=O)OC(c2cccc3ccccc23)c2cccc3ccccc23)c1. The summed E-state index contributed by atoms with van der Waals surface area (Å²) in [6.07, 6.45) is -0.516. The van der Waals surface area contributed by atoms with Gasteiger partial charge >= 0.3 is 5.97 Å². The van der Waals surface area contributed by atoms with Crippen LogP contribution in [-0.2, 0) is 9.53 Å². The molecule has 0 bridgehead atoms. The van der Waals surface area contributed by atoms with Crippen LogP contribution < -0.4 is 0 Å². The van der Waals surface area contributed by atoms with E-state index in [1.165, 1.54) is 0 Å². The molecule has 0 saturated carbocycles. The lowest BCUT2D eigenvalue weighted by Gasteiger charge is -2.24. The molecule has 0 unspecified atom stereocenters. The Balaban J connectivity index is 1.64. The molecule has 1 atom stereocenters. The van der Waals surface area contributed by atoms with E-state index in [4.69, 9.17) is 4.74 Å². The quantitative estimate of drug-likeness (QED) is 0.256. The summed E-state index contributed by atoms with van der Waals surface area (Å²) in [5, 5.41) is 4.44. The maximum atomic E-state index is 13.6. The average molecular weight is 445 g/mol. The van der Waals surface area contributed by atoms with Crippen LogP contribution in [0.4, 0.5) is 0 Å². The summed E-state index contributed by atoms with van der Waals surface area (Å²) in [6.45, 7) is 6.04. The van der Waals surface area contributed by atoms with Crippen LogP contribution >= 0.6 is 0 Å². The van der Waals surface area contributed by atoms with Crippen LogP contribution in [0.25, 0.3) is 21.5 Å². The summed E-state index contributed by atoms with van der Waals surface area (Å²) in [7, 11) is 0. The lowest BCUT2D eigenvalue weighted by atomic mass is 9.91. The maximum absolute atomic E-state index is 13.6. The van der Waals surface area contributed by atoms with E-state index in [0.29, 0.717) is 0 Å². The second-order valence-corrected chi connectivity index (χ2v) is 9.04. The summed E-state index contributed by atoms with van der Waals surface area (Å²) < 4.78 is 6.41. The van der Waals surface area contributed by atoms with Crippen molar-refractivity contribution in [3.63, 3.8) is 0 Å². The van der Waals surface area contributed by atoms with Crippen molar-refractivity contribution in [2.75, 3.05) is 0 Å². The summed E-state index contributed by atoms with van der Waals surface area (Å²) in [5.41, 5.74) is 5.24. The number of hydrogen-bond donors (Lipinski definition) is 0. The minimum atomic E-state index is -0.516. The standard InChI is InChI=1S/C32H28O2/c1-21-18-19-22(2)30(20-21)23(3)32(33)34-31(28-16-8-12-24-10-4-6-14-26(24)28)29-17-9-13-25-11-5-7-15-27(25)29/h4-20,23,31H,1-3H3/t23-/m0/s1. The first kappa shape index (κ1) is 21.9. The summed E-state index contributed by atoms with van der Waals surface area (Å²) in [5.74, 6) is -0.591. The predicted octanol–water partition coefficient (Wildman–Crippen LogP) is 8.05. The van der Waals surface area contributed by atoms with Gasteiger partial charge in [0.2, 0.25) is 0 Å². The Morgan fingerprint density at radius 1 is 0.647 bits per heavy atom. The fourth-order valence-electron chi connectivity index (χ4n) is 4.82. The van der Waals surface area contributed by atoms with Crippen molar-refractivity contribution in [3.05, 3.63) is 131 Å². The normalized spacial score (nSPS) is 12.2. The minimum Gasteiger partial charge on any atom is -0.452 e. The van der Waals surface area contributed by atoms with Crippen LogP contribution in [0.1, 0.15) is 46.8 Å². The molecule has 2 heteroatoms. The van der Waals surface area contributed by atoms with E-state index in [9.17, 15) is 4.79 Å². The zero-order valence-corrected chi connectivity index (χ0v) is 19.8. The maximum Gasteiger partial charge on any atom is 0.314 e. The third-order valence-electron chi connectivity index (χ3n) is 6.70.